The number of carbonyl (C=O) groups is 1. The van der Waals surface area contributed by atoms with E-state index in [0.29, 0.717) is 17.8 Å². The molecule has 0 bridgehead atoms. The Balaban J connectivity index is 1.95. The van der Waals surface area contributed by atoms with Crippen LogP contribution in [0.15, 0.2) is 37.1 Å². The van der Waals surface area contributed by atoms with Crippen LogP contribution in [0.25, 0.3) is 0 Å². The third-order valence-corrected chi connectivity index (χ3v) is 2.94. The van der Waals surface area contributed by atoms with Crippen molar-refractivity contribution < 1.29 is 4.79 Å². The number of amides is 1. The Bertz CT molecular complexity index is 594. The SMILES string of the molecule is CC(Cn1ccnc1)NC(=O)c1ccc(C(N)=S)cn1. The van der Waals surface area contributed by atoms with Crippen molar-refractivity contribution in [2.45, 2.75) is 19.5 Å². The lowest BCUT2D eigenvalue weighted by Crippen LogP contribution is -2.35. The van der Waals surface area contributed by atoms with Gasteiger partial charge in [0.05, 0.1) is 6.33 Å². The number of imidazole rings is 1. The molecule has 1 amide bonds. The van der Waals surface area contributed by atoms with E-state index in [1.807, 2.05) is 17.7 Å². The van der Waals surface area contributed by atoms with Crippen molar-refractivity contribution in [3.8, 4) is 0 Å². The summed E-state index contributed by atoms with van der Waals surface area (Å²) in [6, 6.07) is 3.26. The molecule has 6 nitrogen and oxygen atoms in total. The summed E-state index contributed by atoms with van der Waals surface area (Å²) in [6.45, 7) is 2.57. The fraction of sp³-hybridized carbons (Fsp3) is 0.231. The van der Waals surface area contributed by atoms with Crippen LogP contribution in [0.4, 0.5) is 0 Å². The highest BCUT2D eigenvalue weighted by Gasteiger charge is 2.11. The third kappa shape index (κ3) is 3.61. The van der Waals surface area contributed by atoms with Crippen LogP contribution in [0.5, 0.6) is 0 Å². The fourth-order valence-electron chi connectivity index (χ4n) is 1.73. The number of thiocarbonyl (C=S) groups is 1. The maximum Gasteiger partial charge on any atom is 0.270 e. The van der Waals surface area contributed by atoms with Gasteiger partial charge < -0.3 is 15.6 Å². The Kier molecular flexibility index (Phi) is 4.41. The lowest BCUT2D eigenvalue weighted by molar-refractivity contribution is 0.0931. The molecule has 0 aromatic carbocycles. The number of hydrogen-bond acceptors (Lipinski definition) is 4. The van der Waals surface area contributed by atoms with Gasteiger partial charge in [0.1, 0.15) is 10.7 Å². The number of nitrogens with zero attached hydrogens (tertiary/aromatic N) is 3. The zero-order valence-electron chi connectivity index (χ0n) is 11.0. The highest BCUT2D eigenvalue weighted by atomic mass is 32.1. The second-order valence-electron chi connectivity index (χ2n) is 4.43. The summed E-state index contributed by atoms with van der Waals surface area (Å²) in [5.41, 5.74) is 6.46. The van der Waals surface area contributed by atoms with E-state index < -0.39 is 0 Å². The molecular formula is C13H15N5OS. The first kappa shape index (κ1) is 14.1. The normalized spacial score (nSPS) is 11.8. The molecule has 0 aliphatic carbocycles. The Morgan fingerprint density at radius 1 is 1.55 bits per heavy atom. The van der Waals surface area contributed by atoms with Gasteiger partial charge in [0, 0.05) is 36.7 Å². The molecule has 104 valence electrons. The first-order valence-corrected chi connectivity index (χ1v) is 6.49. The van der Waals surface area contributed by atoms with Gasteiger partial charge in [-0.15, -0.1) is 0 Å². The second kappa shape index (κ2) is 6.25. The highest BCUT2D eigenvalue weighted by molar-refractivity contribution is 7.80. The minimum absolute atomic E-state index is 0.0336. The maximum atomic E-state index is 12.0. The molecule has 2 aromatic rings. The molecule has 0 spiro atoms. The van der Waals surface area contributed by atoms with Crippen LogP contribution in [0.2, 0.25) is 0 Å². The van der Waals surface area contributed by atoms with Crippen LogP contribution in [0, 0.1) is 0 Å². The van der Waals surface area contributed by atoms with E-state index in [1.165, 1.54) is 6.20 Å². The summed E-state index contributed by atoms with van der Waals surface area (Å²) in [7, 11) is 0. The third-order valence-electron chi connectivity index (χ3n) is 2.70. The quantitative estimate of drug-likeness (QED) is 0.793. The average Bonchev–Trinajstić information content (AvgIpc) is 2.91. The smallest absolute Gasteiger partial charge is 0.270 e. The minimum atomic E-state index is -0.230. The molecule has 1 unspecified atom stereocenters. The Morgan fingerprint density at radius 2 is 2.35 bits per heavy atom. The van der Waals surface area contributed by atoms with Crippen LogP contribution in [0.3, 0.4) is 0 Å². The van der Waals surface area contributed by atoms with E-state index in [4.69, 9.17) is 18.0 Å². The van der Waals surface area contributed by atoms with Gasteiger partial charge in [0.2, 0.25) is 0 Å². The van der Waals surface area contributed by atoms with Crippen molar-refractivity contribution in [1.29, 1.82) is 0 Å². The molecule has 2 aromatic heterocycles. The van der Waals surface area contributed by atoms with Crippen molar-refractivity contribution in [3.63, 3.8) is 0 Å². The van der Waals surface area contributed by atoms with Crippen LogP contribution in [-0.2, 0) is 6.54 Å². The summed E-state index contributed by atoms with van der Waals surface area (Å²) in [4.78, 5) is 20.3. The van der Waals surface area contributed by atoms with Crippen LogP contribution in [0.1, 0.15) is 23.0 Å². The lowest BCUT2D eigenvalue weighted by Gasteiger charge is -2.14. The number of nitrogens with two attached hydrogens (primary N) is 1. The molecular weight excluding hydrogens is 274 g/mol. The Morgan fingerprint density at radius 3 is 2.90 bits per heavy atom. The number of hydrogen-bond donors (Lipinski definition) is 2. The van der Waals surface area contributed by atoms with Crippen LogP contribution >= 0.6 is 12.2 Å². The van der Waals surface area contributed by atoms with Crippen molar-refractivity contribution in [2.24, 2.45) is 5.73 Å². The minimum Gasteiger partial charge on any atom is -0.389 e. The number of aromatic nitrogens is 3. The molecule has 0 aliphatic heterocycles. The van der Waals surface area contributed by atoms with E-state index >= 15 is 0 Å². The molecule has 0 saturated heterocycles. The zero-order valence-corrected chi connectivity index (χ0v) is 11.8. The van der Waals surface area contributed by atoms with Crippen molar-refractivity contribution in [2.75, 3.05) is 0 Å². The van der Waals surface area contributed by atoms with E-state index in [0.717, 1.165) is 0 Å². The van der Waals surface area contributed by atoms with E-state index in [9.17, 15) is 4.79 Å². The molecule has 2 rings (SSSR count). The van der Waals surface area contributed by atoms with Gasteiger partial charge in [-0.3, -0.25) is 9.78 Å². The summed E-state index contributed by atoms with van der Waals surface area (Å²) in [5.74, 6) is -0.230. The topological polar surface area (TPSA) is 85.8 Å². The van der Waals surface area contributed by atoms with Crippen LogP contribution in [-0.4, -0.2) is 31.5 Å². The summed E-state index contributed by atoms with van der Waals surface area (Å²) in [5, 5.41) is 2.87. The second-order valence-corrected chi connectivity index (χ2v) is 4.87. The largest absolute Gasteiger partial charge is 0.389 e. The van der Waals surface area contributed by atoms with E-state index in [-0.39, 0.29) is 16.9 Å². The van der Waals surface area contributed by atoms with Gasteiger partial charge in [-0.1, -0.05) is 12.2 Å². The Hall–Kier alpha value is -2.28. The van der Waals surface area contributed by atoms with Gasteiger partial charge in [-0.05, 0) is 19.1 Å². The van der Waals surface area contributed by atoms with Crippen molar-refractivity contribution in [3.05, 3.63) is 48.3 Å². The van der Waals surface area contributed by atoms with Gasteiger partial charge >= 0.3 is 0 Å². The number of carbonyl (C=O) groups excluding carboxylic acids is 1. The molecule has 1 atom stereocenters. The molecule has 0 fully saturated rings. The predicted octanol–water partition coefficient (Wildman–Crippen LogP) is 0.731. The summed E-state index contributed by atoms with van der Waals surface area (Å²) < 4.78 is 1.90. The average molecular weight is 289 g/mol. The summed E-state index contributed by atoms with van der Waals surface area (Å²) >= 11 is 4.83. The highest BCUT2D eigenvalue weighted by Crippen LogP contribution is 2.01. The standard InChI is InChI=1S/C13H15N5OS/c1-9(7-18-5-4-15-8-18)17-13(19)11-3-2-10(6-16-11)12(14)20/h2-6,8-9H,7H2,1H3,(H2,14,20)(H,17,19). The van der Waals surface area contributed by atoms with Gasteiger partial charge in [0.15, 0.2) is 0 Å². The zero-order chi connectivity index (χ0) is 14.5. The lowest BCUT2D eigenvalue weighted by atomic mass is 10.2. The molecule has 3 N–H and O–H groups in total. The fourth-order valence-corrected chi connectivity index (χ4v) is 1.85. The molecule has 20 heavy (non-hydrogen) atoms. The maximum absolute atomic E-state index is 12.0. The number of pyridine rings is 1. The van der Waals surface area contributed by atoms with Crippen molar-refractivity contribution >= 4 is 23.1 Å². The van der Waals surface area contributed by atoms with E-state index in [1.54, 1.807) is 24.7 Å². The molecule has 7 heteroatoms. The van der Waals surface area contributed by atoms with Crippen LogP contribution < -0.4 is 11.1 Å². The summed E-state index contributed by atoms with van der Waals surface area (Å²) in [6.07, 6.45) is 6.75. The van der Waals surface area contributed by atoms with E-state index in [2.05, 4.69) is 15.3 Å². The predicted molar refractivity (Wildman–Crippen MR) is 79.3 cm³/mol. The van der Waals surface area contributed by atoms with Gasteiger partial charge in [-0.25, -0.2) is 4.98 Å². The molecule has 0 radical (unpaired) electrons. The van der Waals surface area contributed by atoms with Crippen molar-refractivity contribution in [1.82, 2.24) is 19.9 Å². The number of nitrogens with one attached hydrogen (secondary N) is 1. The molecule has 2 heterocycles. The van der Waals surface area contributed by atoms with Gasteiger partial charge in [0.25, 0.3) is 5.91 Å². The first-order valence-electron chi connectivity index (χ1n) is 6.08. The number of rotatable bonds is 5. The monoisotopic (exact) mass is 289 g/mol. The molecule has 0 saturated carbocycles. The Labute approximate surface area is 122 Å². The molecule has 0 aliphatic rings. The first-order chi connectivity index (χ1) is 9.56. The van der Waals surface area contributed by atoms with Gasteiger partial charge in [-0.2, -0.15) is 0 Å².